The molecule has 3 rings (SSSR count). The Morgan fingerprint density at radius 2 is 2.00 bits per heavy atom. The summed E-state index contributed by atoms with van der Waals surface area (Å²) in [5.74, 6) is -0.528. The van der Waals surface area contributed by atoms with Crippen molar-refractivity contribution < 1.29 is 9.50 Å². The molecule has 1 unspecified atom stereocenters. The van der Waals surface area contributed by atoms with E-state index in [2.05, 4.69) is 4.98 Å². The summed E-state index contributed by atoms with van der Waals surface area (Å²) in [6.07, 6.45) is 0.926. The van der Waals surface area contributed by atoms with Crippen LogP contribution in [0.5, 0.6) is 0 Å². The van der Waals surface area contributed by atoms with Crippen molar-refractivity contribution in [1.29, 1.82) is 0 Å². The van der Waals surface area contributed by atoms with E-state index in [0.29, 0.717) is 5.56 Å². The monoisotopic (exact) mass is 275 g/mol. The van der Waals surface area contributed by atoms with Gasteiger partial charge in [-0.25, -0.2) is 4.39 Å². The van der Waals surface area contributed by atoms with E-state index in [1.807, 2.05) is 30.5 Å². The van der Waals surface area contributed by atoms with Gasteiger partial charge in [-0.1, -0.05) is 29.8 Å². The van der Waals surface area contributed by atoms with E-state index in [0.717, 1.165) is 16.5 Å². The Hall–Kier alpha value is -1.84. The molecule has 2 N–H and O–H groups in total. The van der Waals surface area contributed by atoms with E-state index >= 15 is 0 Å². The van der Waals surface area contributed by atoms with Gasteiger partial charge in [0.1, 0.15) is 11.9 Å². The molecule has 0 aliphatic carbocycles. The molecule has 0 saturated carbocycles. The van der Waals surface area contributed by atoms with Gasteiger partial charge in [-0.15, -0.1) is 0 Å². The number of aliphatic hydroxyl groups is 1. The summed E-state index contributed by atoms with van der Waals surface area (Å²) in [5.41, 5.74) is 2.15. The minimum atomic E-state index is -0.883. The standard InChI is InChI=1S/C15H11ClFNO/c16-12-5-4-9(8-13(12)17)15(19)11-2-1-3-14-10(11)6-7-18-14/h1-8,15,18-19H. The van der Waals surface area contributed by atoms with Crippen molar-refractivity contribution in [3.05, 3.63) is 70.6 Å². The fraction of sp³-hybridized carbons (Fsp3) is 0.0667. The number of rotatable bonds is 2. The average molecular weight is 276 g/mol. The number of fused-ring (bicyclic) bond motifs is 1. The Balaban J connectivity index is 2.10. The van der Waals surface area contributed by atoms with Crippen LogP contribution in [0, 0.1) is 5.82 Å². The maximum atomic E-state index is 13.5. The highest BCUT2D eigenvalue weighted by molar-refractivity contribution is 6.30. The lowest BCUT2D eigenvalue weighted by Gasteiger charge is -2.13. The zero-order valence-corrected chi connectivity index (χ0v) is 10.7. The van der Waals surface area contributed by atoms with Crippen LogP contribution in [0.4, 0.5) is 4.39 Å². The molecule has 2 nitrogen and oxygen atoms in total. The van der Waals surface area contributed by atoms with E-state index < -0.39 is 11.9 Å². The van der Waals surface area contributed by atoms with Crippen LogP contribution < -0.4 is 0 Å². The fourth-order valence-corrected chi connectivity index (χ4v) is 2.33. The van der Waals surface area contributed by atoms with Crippen molar-refractivity contribution in [3.8, 4) is 0 Å². The molecule has 4 heteroatoms. The number of halogens is 2. The number of hydrogen-bond acceptors (Lipinski definition) is 1. The molecule has 0 amide bonds. The molecule has 0 fully saturated rings. The Morgan fingerprint density at radius 1 is 1.16 bits per heavy atom. The van der Waals surface area contributed by atoms with Crippen molar-refractivity contribution >= 4 is 22.5 Å². The van der Waals surface area contributed by atoms with E-state index in [1.54, 1.807) is 6.07 Å². The van der Waals surface area contributed by atoms with Crippen LogP contribution in [-0.2, 0) is 0 Å². The summed E-state index contributed by atoms with van der Waals surface area (Å²) in [6.45, 7) is 0. The molecule has 2 aromatic carbocycles. The molecule has 1 atom stereocenters. The molecule has 1 aromatic heterocycles. The lowest BCUT2D eigenvalue weighted by Crippen LogP contribution is -2.00. The number of aromatic amines is 1. The second-order valence-corrected chi connectivity index (χ2v) is 4.77. The first-order valence-corrected chi connectivity index (χ1v) is 6.23. The van der Waals surface area contributed by atoms with Crippen molar-refractivity contribution in [2.75, 3.05) is 0 Å². The summed E-state index contributed by atoms with van der Waals surface area (Å²) in [7, 11) is 0. The van der Waals surface area contributed by atoms with Crippen LogP contribution in [-0.4, -0.2) is 10.1 Å². The largest absolute Gasteiger partial charge is 0.384 e. The first-order chi connectivity index (χ1) is 9.16. The maximum absolute atomic E-state index is 13.5. The molecule has 0 radical (unpaired) electrons. The smallest absolute Gasteiger partial charge is 0.142 e. The fourth-order valence-electron chi connectivity index (χ4n) is 2.21. The van der Waals surface area contributed by atoms with Crippen molar-refractivity contribution in [2.24, 2.45) is 0 Å². The number of H-pyrrole nitrogens is 1. The van der Waals surface area contributed by atoms with Crippen LogP contribution in [0.3, 0.4) is 0 Å². The third-order valence-electron chi connectivity index (χ3n) is 3.18. The minimum absolute atomic E-state index is 0.0517. The second-order valence-electron chi connectivity index (χ2n) is 4.36. The number of nitrogens with one attached hydrogen (secondary N) is 1. The van der Waals surface area contributed by atoms with Crippen LogP contribution in [0.25, 0.3) is 10.9 Å². The predicted octanol–water partition coefficient (Wildman–Crippen LogP) is 4.04. The molecule has 19 heavy (non-hydrogen) atoms. The van der Waals surface area contributed by atoms with Gasteiger partial charge in [-0.2, -0.15) is 0 Å². The first-order valence-electron chi connectivity index (χ1n) is 5.86. The second kappa shape index (κ2) is 4.68. The molecular weight excluding hydrogens is 265 g/mol. The van der Waals surface area contributed by atoms with E-state index in [4.69, 9.17) is 11.6 Å². The predicted molar refractivity (Wildman–Crippen MR) is 73.8 cm³/mol. The average Bonchev–Trinajstić information content (AvgIpc) is 2.89. The highest BCUT2D eigenvalue weighted by Gasteiger charge is 2.15. The lowest BCUT2D eigenvalue weighted by atomic mass is 9.98. The van der Waals surface area contributed by atoms with Crippen molar-refractivity contribution in [2.45, 2.75) is 6.10 Å². The van der Waals surface area contributed by atoms with Gasteiger partial charge in [0, 0.05) is 17.1 Å². The zero-order valence-electron chi connectivity index (χ0n) is 9.90. The topological polar surface area (TPSA) is 36.0 Å². The molecule has 0 aliphatic heterocycles. The SMILES string of the molecule is OC(c1ccc(Cl)c(F)c1)c1cccc2[nH]ccc12. The molecule has 0 bridgehead atoms. The van der Waals surface area contributed by atoms with Gasteiger partial charge < -0.3 is 10.1 Å². The summed E-state index contributed by atoms with van der Waals surface area (Å²) in [5, 5.41) is 11.4. The van der Waals surface area contributed by atoms with Crippen molar-refractivity contribution in [1.82, 2.24) is 4.98 Å². The number of aliphatic hydroxyl groups excluding tert-OH is 1. The van der Waals surface area contributed by atoms with Crippen LogP contribution in [0.15, 0.2) is 48.7 Å². The van der Waals surface area contributed by atoms with Crippen LogP contribution in [0.2, 0.25) is 5.02 Å². The minimum Gasteiger partial charge on any atom is -0.384 e. The molecular formula is C15H11ClFNO. The Morgan fingerprint density at radius 3 is 2.79 bits per heavy atom. The molecule has 96 valence electrons. The van der Waals surface area contributed by atoms with Crippen LogP contribution in [0.1, 0.15) is 17.2 Å². The number of hydrogen-bond donors (Lipinski definition) is 2. The molecule has 0 aliphatic rings. The molecule has 3 aromatic rings. The lowest BCUT2D eigenvalue weighted by molar-refractivity contribution is 0.221. The van der Waals surface area contributed by atoms with Gasteiger partial charge in [-0.3, -0.25) is 0 Å². The molecule has 1 heterocycles. The molecule has 0 spiro atoms. The third kappa shape index (κ3) is 2.11. The van der Waals surface area contributed by atoms with E-state index in [1.165, 1.54) is 12.1 Å². The first kappa shape index (κ1) is 12.2. The highest BCUT2D eigenvalue weighted by Crippen LogP contribution is 2.29. The molecule has 0 saturated heterocycles. The van der Waals surface area contributed by atoms with Gasteiger partial charge in [0.25, 0.3) is 0 Å². The maximum Gasteiger partial charge on any atom is 0.142 e. The van der Waals surface area contributed by atoms with E-state index in [9.17, 15) is 9.50 Å². The Labute approximate surface area is 114 Å². The number of aromatic nitrogens is 1. The number of benzene rings is 2. The van der Waals surface area contributed by atoms with Gasteiger partial charge in [0.05, 0.1) is 5.02 Å². The van der Waals surface area contributed by atoms with Crippen molar-refractivity contribution in [3.63, 3.8) is 0 Å². The summed E-state index contributed by atoms with van der Waals surface area (Å²) >= 11 is 5.65. The van der Waals surface area contributed by atoms with E-state index in [-0.39, 0.29) is 5.02 Å². The van der Waals surface area contributed by atoms with Gasteiger partial charge in [0.2, 0.25) is 0 Å². The van der Waals surface area contributed by atoms with Gasteiger partial charge in [0.15, 0.2) is 0 Å². The quantitative estimate of drug-likeness (QED) is 0.727. The zero-order chi connectivity index (χ0) is 13.4. The van der Waals surface area contributed by atoms with Crippen LogP contribution >= 0.6 is 11.6 Å². The third-order valence-corrected chi connectivity index (χ3v) is 3.49. The Kier molecular flexibility index (Phi) is 3.01. The van der Waals surface area contributed by atoms with Gasteiger partial charge in [-0.05, 0) is 35.4 Å². The summed E-state index contributed by atoms with van der Waals surface area (Å²) in [6, 6.07) is 11.8. The van der Waals surface area contributed by atoms with Gasteiger partial charge >= 0.3 is 0 Å². The normalized spacial score (nSPS) is 12.8. The Bertz CT molecular complexity index is 738. The summed E-state index contributed by atoms with van der Waals surface area (Å²) in [4.78, 5) is 3.08. The summed E-state index contributed by atoms with van der Waals surface area (Å²) < 4.78 is 13.5. The highest BCUT2D eigenvalue weighted by atomic mass is 35.5.